The number of amides is 1. The predicted octanol–water partition coefficient (Wildman–Crippen LogP) is 2.28. The topological polar surface area (TPSA) is 41.6 Å². The standard InChI is InChI=1S/C11H20N2O2S/c1-3-13(9-7-5-4-6-8-9)10(16)12-11(14)15-2/h9H,3-8H2,1-2H3,(H,12,14,16). The fraction of sp³-hybridized carbons (Fsp3) is 0.818. The van der Waals surface area contributed by atoms with Gasteiger partial charge in [0.1, 0.15) is 0 Å². The average Bonchev–Trinajstić information content (AvgIpc) is 2.31. The first kappa shape index (κ1) is 13.2. The zero-order valence-corrected chi connectivity index (χ0v) is 10.8. The summed E-state index contributed by atoms with van der Waals surface area (Å²) in [6, 6.07) is 0.475. The summed E-state index contributed by atoms with van der Waals surface area (Å²) in [6.07, 6.45) is 5.65. The van der Waals surface area contributed by atoms with Gasteiger partial charge in [0, 0.05) is 12.6 Å². The van der Waals surface area contributed by atoms with Crippen LogP contribution in [0.4, 0.5) is 4.79 Å². The van der Waals surface area contributed by atoms with Crippen molar-refractivity contribution in [3.8, 4) is 0 Å². The second-order valence-electron chi connectivity index (χ2n) is 4.00. The number of thiocarbonyl (C=S) groups is 1. The van der Waals surface area contributed by atoms with Crippen molar-refractivity contribution in [1.82, 2.24) is 10.2 Å². The molecule has 1 aliphatic carbocycles. The molecule has 0 aromatic rings. The quantitative estimate of drug-likeness (QED) is 0.757. The predicted molar refractivity (Wildman–Crippen MR) is 67.4 cm³/mol. The van der Waals surface area contributed by atoms with E-state index < -0.39 is 6.09 Å². The highest BCUT2D eigenvalue weighted by molar-refractivity contribution is 7.80. The lowest BCUT2D eigenvalue weighted by Gasteiger charge is -2.35. The number of carbonyl (C=O) groups is 1. The fourth-order valence-corrected chi connectivity index (χ4v) is 2.53. The van der Waals surface area contributed by atoms with Gasteiger partial charge in [0.15, 0.2) is 5.11 Å². The molecule has 0 spiro atoms. The molecule has 0 aliphatic heterocycles. The molecule has 0 atom stereocenters. The molecule has 1 fully saturated rings. The monoisotopic (exact) mass is 244 g/mol. The molecule has 0 radical (unpaired) electrons. The van der Waals surface area contributed by atoms with Crippen molar-refractivity contribution in [2.24, 2.45) is 0 Å². The number of methoxy groups -OCH3 is 1. The summed E-state index contributed by atoms with van der Waals surface area (Å²) in [5, 5.41) is 3.06. The Morgan fingerprint density at radius 2 is 2.06 bits per heavy atom. The molecular weight excluding hydrogens is 224 g/mol. The van der Waals surface area contributed by atoms with Gasteiger partial charge in [-0.05, 0) is 32.0 Å². The van der Waals surface area contributed by atoms with Crippen LogP contribution in [0.2, 0.25) is 0 Å². The summed E-state index contributed by atoms with van der Waals surface area (Å²) in [4.78, 5) is 13.2. The molecule has 0 aromatic carbocycles. The number of nitrogens with zero attached hydrogens (tertiary/aromatic N) is 1. The maximum atomic E-state index is 11.1. The molecule has 0 unspecified atom stereocenters. The second-order valence-corrected chi connectivity index (χ2v) is 4.39. The van der Waals surface area contributed by atoms with Gasteiger partial charge in [-0.25, -0.2) is 4.79 Å². The van der Waals surface area contributed by atoms with Crippen LogP contribution in [0.15, 0.2) is 0 Å². The van der Waals surface area contributed by atoms with E-state index in [0.29, 0.717) is 11.2 Å². The molecule has 1 aliphatic rings. The van der Waals surface area contributed by atoms with E-state index in [1.165, 1.54) is 26.4 Å². The number of hydrogen-bond donors (Lipinski definition) is 1. The maximum absolute atomic E-state index is 11.1. The lowest BCUT2D eigenvalue weighted by atomic mass is 9.94. The molecule has 0 heterocycles. The van der Waals surface area contributed by atoms with Crippen molar-refractivity contribution in [1.29, 1.82) is 0 Å². The lowest BCUT2D eigenvalue weighted by Crippen LogP contribution is -2.48. The Balaban J connectivity index is 2.51. The van der Waals surface area contributed by atoms with Crippen molar-refractivity contribution >= 4 is 23.4 Å². The first-order valence-electron chi connectivity index (χ1n) is 5.84. The highest BCUT2D eigenvalue weighted by Crippen LogP contribution is 2.22. The van der Waals surface area contributed by atoms with Crippen molar-refractivity contribution in [3.63, 3.8) is 0 Å². The number of carbonyl (C=O) groups excluding carboxylic acids is 1. The number of rotatable bonds is 2. The summed E-state index contributed by atoms with van der Waals surface area (Å²) in [7, 11) is 1.34. The van der Waals surface area contributed by atoms with Crippen LogP contribution >= 0.6 is 12.2 Å². The average molecular weight is 244 g/mol. The normalized spacial score (nSPS) is 16.6. The highest BCUT2D eigenvalue weighted by atomic mass is 32.1. The zero-order valence-electron chi connectivity index (χ0n) is 9.99. The minimum atomic E-state index is -0.487. The third kappa shape index (κ3) is 3.63. The van der Waals surface area contributed by atoms with Gasteiger partial charge in [0.2, 0.25) is 0 Å². The van der Waals surface area contributed by atoms with Crippen LogP contribution in [0.3, 0.4) is 0 Å². The number of nitrogens with one attached hydrogen (secondary N) is 1. The molecule has 5 heteroatoms. The first-order chi connectivity index (χ1) is 7.69. The van der Waals surface area contributed by atoms with Gasteiger partial charge in [-0.2, -0.15) is 0 Å². The minimum Gasteiger partial charge on any atom is -0.453 e. The van der Waals surface area contributed by atoms with E-state index in [9.17, 15) is 4.79 Å². The van der Waals surface area contributed by atoms with Gasteiger partial charge >= 0.3 is 6.09 Å². The van der Waals surface area contributed by atoms with Crippen molar-refractivity contribution in [2.45, 2.75) is 45.1 Å². The van der Waals surface area contributed by atoms with Gasteiger partial charge in [-0.1, -0.05) is 19.3 Å². The van der Waals surface area contributed by atoms with Crippen LogP contribution in [0.5, 0.6) is 0 Å². The number of alkyl carbamates (subject to hydrolysis) is 1. The van der Waals surface area contributed by atoms with Crippen molar-refractivity contribution in [3.05, 3.63) is 0 Å². The molecule has 1 N–H and O–H groups in total. The Morgan fingerprint density at radius 1 is 1.44 bits per heavy atom. The Kier molecular flexibility index (Phi) is 5.52. The van der Waals surface area contributed by atoms with Crippen molar-refractivity contribution in [2.75, 3.05) is 13.7 Å². The van der Waals surface area contributed by atoms with Crippen LogP contribution < -0.4 is 5.32 Å². The minimum absolute atomic E-state index is 0.475. The largest absolute Gasteiger partial charge is 0.453 e. The summed E-state index contributed by atoms with van der Waals surface area (Å²) in [5.74, 6) is 0. The van der Waals surface area contributed by atoms with E-state index in [4.69, 9.17) is 12.2 Å². The van der Waals surface area contributed by atoms with Crippen molar-refractivity contribution < 1.29 is 9.53 Å². The van der Waals surface area contributed by atoms with E-state index in [1.54, 1.807) is 0 Å². The third-order valence-electron chi connectivity index (χ3n) is 3.01. The Bertz CT molecular complexity index is 252. The third-order valence-corrected chi connectivity index (χ3v) is 3.35. The highest BCUT2D eigenvalue weighted by Gasteiger charge is 2.22. The van der Waals surface area contributed by atoms with Crippen LogP contribution in [-0.2, 0) is 4.74 Å². The Labute approximate surface area is 102 Å². The number of hydrogen-bond acceptors (Lipinski definition) is 3. The summed E-state index contributed by atoms with van der Waals surface area (Å²) < 4.78 is 4.54. The molecule has 92 valence electrons. The van der Waals surface area contributed by atoms with Crippen LogP contribution in [0.25, 0.3) is 0 Å². The van der Waals surface area contributed by atoms with Crippen LogP contribution in [-0.4, -0.2) is 35.8 Å². The molecule has 4 nitrogen and oxygen atoms in total. The maximum Gasteiger partial charge on any atom is 0.413 e. The Morgan fingerprint density at radius 3 is 2.56 bits per heavy atom. The molecule has 0 saturated heterocycles. The SMILES string of the molecule is CCN(C(=S)NC(=O)OC)C1CCCCC1. The summed E-state index contributed by atoms with van der Waals surface area (Å²) in [5.41, 5.74) is 0. The molecule has 1 saturated carbocycles. The van der Waals surface area contributed by atoms with Gasteiger partial charge in [-0.15, -0.1) is 0 Å². The second kappa shape index (κ2) is 6.68. The molecule has 0 bridgehead atoms. The zero-order chi connectivity index (χ0) is 12.0. The molecule has 1 amide bonds. The van der Waals surface area contributed by atoms with E-state index in [2.05, 4.69) is 21.9 Å². The van der Waals surface area contributed by atoms with Crippen LogP contribution in [0, 0.1) is 0 Å². The van der Waals surface area contributed by atoms with Gasteiger partial charge in [0.05, 0.1) is 7.11 Å². The molecular formula is C11H20N2O2S. The van der Waals surface area contributed by atoms with Gasteiger partial charge in [0.25, 0.3) is 0 Å². The lowest BCUT2D eigenvalue weighted by molar-refractivity contribution is 0.174. The molecule has 1 rings (SSSR count). The molecule has 0 aromatic heterocycles. The first-order valence-corrected chi connectivity index (χ1v) is 6.25. The number of ether oxygens (including phenoxy) is 1. The van der Waals surface area contributed by atoms with E-state index in [1.807, 2.05) is 0 Å². The van der Waals surface area contributed by atoms with Gasteiger partial charge < -0.3 is 9.64 Å². The fourth-order valence-electron chi connectivity index (χ4n) is 2.17. The summed E-state index contributed by atoms with van der Waals surface area (Å²) in [6.45, 7) is 2.88. The van der Waals surface area contributed by atoms with E-state index in [0.717, 1.165) is 19.4 Å². The van der Waals surface area contributed by atoms with Gasteiger partial charge in [-0.3, -0.25) is 5.32 Å². The van der Waals surface area contributed by atoms with Crippen LogP contribution in [0.1, 0.15) is 39.0 Å². The smallest absolute Gasteiger partial charge is 0.413 e. The van der Waals surface area contributed by atoms with E-state index in [-0.39, 0.29) is 0 Å². The molecule has 16 heavy (non-hydrogen) atoms. The summed E-state index contributed by atoms with van der Waals surface area (Å²) >= 11 is 5.21. The van der Waals surface area contributed by atoms with E-state index >= 15 is 0 Å². The Hall–Kier alpha value is -0.840.